The topological polar surface area (TPSA) is 13.1 Å². The zero-order valence-corrected chi connectivity index (χ0v) is 8.70. The first-order chi connectivity index (χ1) is 7.28. The fraction of sp³-hybridized carbons (Fsp3) is 0. The van der Waals surface area contributed by atoms with Gasteiger partial charge in [-0.2, -0.15) is 0 Å². The van der Waals surface area contributed by atoms with Gasteiger partial charge >= 0.3 is 0 Å². The second-order valence-corrected chi connectivity index (χ2v) is 2.87. The van der Waals surface area contributed by atoms with E-state index in [1.54, 1.807) is 24.3 Å². The zero-order valence-electron chi connectivity index (χ0n) is 8.70. The van der Waals surface area contributed by atoms with Gasteiger partial charge in [-0.1, -0.05) is 50.6 Å². The second kappa shape index (κ2) is 5.01. The molecule has 0 fully saturated rings. The number of hydrogen-bond donors (Lipinski definition) is 0. The van der Waals surface area contributed by atoms with Gasteiger partial charge in [0.25, 0.3) is 0 Å². The molecule has 0 aliphatic rings. The van der Waals surface area contributed by atoms with E-state index >= 15 is 0 Å². The van der Waals surface area contributed by atoms with Crippen molar-refractivity contribution in [3.8, 4) is 0 Å². The van der Waals surface area contributed by atoms with Crippen LogP contribution in [0.4, 0.5) is 0 Å². The van der Waals surface area contributed by atoms with Gasteiger partial charge in [0.05, 0.1) is 0 Å². The van der Waals surface area contributed by atoms with Crippen molar-refractivity contribution in [1.29, 1.82) is 0 Å². The average Bonchev–Trinajstić information content (AvgIpc) is 2.62. The van der Waals surface area contributed by atoms with Crippen molar-refractivity contribution < 1.29 is 4.42 Å². The van der Waals surface area contributed by atoms with Gasteiger partial charge in [-0.3, -0.25) is 0 Å². The average molecular weight is 198 g/mol. The highest BCUT2D eigenvalue weighted by atomic mass is 16.3. The Bertz CT molecular complexity index is 430. The Hall–Kier alpha value is -2.02. The van der Waals surface area contributed by atoms with Crippen molar-refractivity contribution in [2.24, 2.45) is 0 Å². The van der Waals surface area contributed by atoms with Gasteiger partial charge in [-0.25, -0.2) is 0 Å². The van der Waals surface area contributed by atoms with Crippen molar-refractivity contribution >= 4 is 24.3 Å². The zero-order chi connectivity index (χ0) is 11.3. The van der Waals surface area contributed by atoms with Crippen LogP contribution in [0.25, 0.3) is 24.3 Å². The van der Waals surface area contributed by atoms with Crippen LogP contribution in [0.2, 0.25) is 0 Å². The summed E-state index contributed by atoms with van der Waals surface area (Å²) in [4.78, 5) is 0. The molecule has 0 spiro atoms. The highest BCUT2D eigenvalue weighted by Crippen LogP contribution is 2.27. The molecule has 0 aliphatic carbocycles. The first kappa shape index (κ1) is 11.1. The third-order valence-corrected chi connectivity index (χ3v) is 2.02. The molecule has 0 saturated heterocycles. The molecule has 0 unspecified atom stereocenters. The van der Waals surface area contributed by atoms with E-state index in [-0.39, 0.29) is 0 Å². The van der Waals surface area contributed by atoms with Crippen LogP contribution in [0, 0.1) is 0 Å². The lowest BCUT2D eigenvalue weighted by atomic mass is 10.1. The quantitative estimate of drug-likeness (QED) is 0.639. The molecular weight excluding hydrogens is 184 g/mol. The summed E-state index contributed by atoms with van der Waals surface area (Å²) in [6, 6.07) is 0. The number of rotatable bonds is 5. The first-order valence-electron chi connectivity index (χ1n) is 4.61. The minimum atomic E-state index is 0.712. The van der Waals surface area contributed by atoms with Crippen molar-refractivity contribution in [3.63, 3.8) is 0 Å². The summed E-state index contributed by atoms with van der Waals surface area (Å²) < 4.78 is 5.58. The summed E-state index contributed by atoms with van der Waals surface area (Å²) in [5.74, 6) is 1.46. The lowest BCUT2D eigenvalue weighted by Gasteiger charge is -1.91. The Kier molecular flexibility index (Phi) is 3.69. The maximum Gasteiger partial charge on any atom is 0.135 e. The Morgan fingerprint density at radius 2 is 1.40 bits per heavy atom. The maximum atomic E-state index is 5.58. The van der Waals surface area contributed by atoms with Crippen LogP contribution in [0.5, 0.6) is 0 Å². The molecule has 0 aromatic carbocycles. The molecule has 1 rings (SSSR count). The molecule has 1 heterocycles. The monoisotopic (exact) mass is 198 g/mol. The van der Waals surface area contributed by atoms with Gasteiger partial charge in [-0.15, -0.1) is 0 Å². The van der Waals surface area contributed by atoms with E-state index in [0.717, 1.165) is 16.9 Å². The summed E-state index contributed by atoms with van der Waals surface area (Å²) in [6.45, 7) is 14.8. The molecule has 1 aromatic heterocycles. The summed E-state index contributed by atoms with van der Waals surface area (Å²) in [7, 11) is 0. The van der Waals surface area contributed by atoms with Gasteiger partial charge < -0.3 is 4.42 Å². The number of hydrogen-bond acceptors (Lipinski definition) is 1. The minimum absolute atomic E-state index is 0.712. The third-order valence-electron chi connectivity index (χ3n) is 2.02. The van der Waals surface area contributed by atoms with Crippen LogP contribution in [-0.2, 0) is 0 Å². The normalized spacial score (nSPS) is 10.1. The summed E-state index contributed by atoms with van der Waals surface area (Å²) in [5, 5.41) is 0. The van der Waals surface area contributed by atoms with Crippen LogP contribution in [0.3, 0.4) is 0 Å². The standard InChI is InChI=1S/C14H14O/c1-5-9-10-14-12(7-3)11(6-2)13(8-4)15-14/h5-10H,1-4H2/b10-9-. The second-order valence-electron chi connectivity index (χ2n) is 2.87. The first-order valence-corrected chi connectivity index (χ1v) is 4.61. The minimum Gasteiger partial charge on any atom is -0.456 e. The van der Waals surface area contributed by atoms with Gasteiger partial charge in [0, 0.05) is 11.1 Å². The van der Waals surface area contributed by atoms with Crippen LogP contribution < -0.4 is 0 Å². The molecule has 0 radical (unpaired) electrons. The van der Waals surface area contributed by atoms with Crippen LogP contribution in [-0.4, -0.2) is 0 Å². The Balaban J connectivity index is 3.39. The van der Waals surface area contributed by atoms with E-state index in [2.05, 4.69) is 26.3 Å². The van der Waals surface area contributed by atoms with Crippen LogP contribution in [0.15, 0.2) is 42.9 Å². The molecule has 76 valence electrons. The fourth-order valence-electron chi connectivity index (χ4n) is 1.35. The molecule has 0 bridgehead atoms. The van der Waals surface area contributed by atoms with Crippen molar-refractivity contribution in [1.82, 2.24) is 0 Å². The van der Waals surface area contributed by atoms with Gasteiger partial charge in [-0.05, 0) is 12.2 Å². The maximum absolute atomic E-state index is 5.58. The summed E-state index contributed by atoms with van der Waals surface area (Å²) in [6.07, 6.45) is 10.5. The van der Waals surface area contributed by atoms with Gasteiger partial charge in [0.2, 0.25) is 0 Å². The molecule has 0 atom stereocenters. The van der Waals surface area contributed by atoms with E-state index in [0.29, 0.717) is 5.76 Å². The fourth-order valence-corrected chi connectivity index (χ4v) is 1.35. The summed E-state index contributed by atoms with van der Waals surface area (Å²) >= 11 is 0. The molecular formula is C14H14O. The molecule has 0 N–H and O–H groups in total. The lowest BCUT2D eigenvalue weighted by Crippen LogP contribution is -1.76. The molecule has 0 amide bonds. The lowest BCUT2D eigenvalue weighted by molar-refractivity contribution is 0.546. The van der Waals surface area contributed by atoms with E-state index in [1.807, 2.05) is 12.2 Å². The van der Waals surface area contributed by atoms with E-state index in [4.69, 9.17) is 4.42 Å². The van der Waals surface area contributed by atoms with Gasteiger partial charge in [0.15, 0.2) is 0 Å². The smallest absolute Gasteiger partial charge is 0.135 e. The van der Waals surface area contributed by atoms with Crippen LogP contribution in [0.1, 0.15) is 22.6 Å². The highest BCUT2D eigenvalue weighted by molar-refractivity contribution is 5.76. The van der Waals surface area contributed by atoms with E-state index in [1.165, 1.54) is 0 Å². The Morgan fingerprint density at radius 1 is 0.800 bits per heavy atom. The largest absolute Gasteiger partial charge is 0.456 e. The Morgan fingerprint density at radius 3 is 1.87 bits per heavy atom. The molecule has 0 saturated carbocycles. The molecule has 1 aromatic rings. The number of furan rings is 1. The summed E-state index contributed by atoms with van der Waals surface area (Å²) in [5.41, 5.74) is 1.85. The molecule has 1 heteroatoms. The number of allylic oxidation sites excluding steroid dienone is 2. The van der Waals surface area contributed by atoms with Crippen molar-refractivity contribution in [3.05, 3.63) is 61.1 Å². The van der Waals surface area contributed by atoms with Crippen LogP contribution >= 0.6 is 0 Å². The Labute approximate surface area is 90.4 Å². The SMILES string of the molecule is C=C/C=C\c1oc(C=C)c(C=C)c1C=C. The predicted octanol–water partition coefficient (Wildman–Crippen LogP) is 4.41. The van der Waals surface area contributed by atoms with E-state index in [9.17, 15) is 0 Å². The predicted molar refractivity (Wildman–Crippen MR) is 68.2 cm³/mol. The van der Waals surface area contributed by atoms with Gasteiger partial charge in [0.1, 0.15) is 11.5 Å². The molecule has 1 nitrogen and oxygen atoms in total. The third kappa shape index (κ3) is 2.08. The molecule has 0 aliphatic heterocycles. The highest BCUT2D eigenvalue weighted by Gasteiger charge is 2.11. The van der Waals surface area contributed by atoms with Crippen molar-refractivity contribution in [2.45, 2.75) is 0 Å². The van der Waals surface area contributed by atoms with Crippen molar-refractivity contribution in [2.75, 3.05) is 0 Å². The molecule has 15 heavy (non-hydrogen) atoms. The van der Waals surface area contributed by atoms with E-state index < -0.39 is 0 Å².